The highest BCUT2D eigenvalue weighted by atomic mass is 32.1. The van der Waals surface area contributed by atoms with Crippen LogP contribution in [0.5, 0.6) is 0 Å². The van der Waals surface area contributed by atoms with Gasteiger partial charge in [0.25, 0.3) is 11.5 Å². The number of nitrogens with two attached hydrogens (primary N) is 1. The van der Waals surface area contributed by atoms with Crippen molar-refractivity contribution in [2.45, 2.75) is 37.4 Å². The van der Waals surface area contributed by atoms with Crippen LogP contribution in [0.3, 0.4) is 0 Å². The van der Waals surface area contributed by atoms with Gasteiger partial charge in [0.2, 0.25) is 5.95 Å². The molecule has 11 N–H and O–H groups in total. The molecule has 3 rings (SSSR count). The van der Waals surface area contributed by atoms with Gasteiger partial charge in [-0.15, -0.1) is 0 Å². The summed E-state index contributed by atoms with van der Waals surface area (Å²) in [6.07, 6.45) is -0.0224. The molecule has 1 aromatic heterocycles. The Morgan fingerprint density at radius 2 is 1.76 bits per heavy atom. The number of hydrogen-bond donors (Lipinski definition) is 11. The number of nitrogen functional groups attached to an aromatic ring is 1. The van der Waals surface area contributed by atoms with E-state index in [1.165, 1.54) is 12.1 Å². The lowest BCUT2D eigenvalue weighted by Gasteiger charge is -2.27. The maximum absolute atomic E-state index is 12.3. The number of likely N-dealkylation sites (N-methyl/N-ethyl adjacent to an activating group) is 1. The van der Waals surface area contributed by atoms with Crippen molar-refractivity contribution in [3.05, 3.63) is 40.2 Å². The number of aromatic nitrogens is 2. The molecule has 16 nitrogen and oxygen atoms in total. The van der Waals surface area contributed by atoms with Crippen LogP contribution in [0, 0.1) is 0 Å². The van der Waals surface area contributed by atoms with Crippen LogP contribution in [0.1, 0.15) is 29.6 Å². The molecule has 2 heterocycles. The van der Waals surface area contributed by atoms with E-state index in [0.717, 1.165) is 0 Å². The summed E-state index contributed by atoms with van der Waals surface area (Å²) in [5.41, 5.74) is 6.40. The first-order chi connectivity index (χ1) is 19.4. The van der Waals surface area contributed by atoms with E-state index in [1.54, 1.807) is 19.2 Å². The molecule has 0 spiro atoms. The van der Waals surface area contributed by atoms with Gasteiger partial charge in [0.15, 0.2) is 5.82 Å². The summed E-state index contributed by atoms with van der Waals surface area (Å²) >= 11 is 3.91. The lowest BCUT2D eigenvalue weighted by molar-refractivity contribution is -0.141. The number of H-pyrrole nitrogens is 1. The van der Waals surface area contributed by atoms with E-state index in [1.807, 2.05) is 0 Å². The number of rotatable bonds is 13. The fourth-order valence-corrected chi connectivity index (χ4v) is 3.88. The molecule has 0 radical (unpaired) electrons. The number of benzene rings is 1. The van der Waals surface area contributed by atoms with E-state index in [2.05, 4.69) is 49.2 Å². The number of nitrogens with one attached hydrogen (secondary N) is 6. The average Bonchev–Trinajstić information content (AvgIpc) is 2.93. The topological polar surface area (TPSA) is 261 Å². The molecule has 0 saturated carbocycles. The van der Waals surface area contributed by atoms with Crippen molar-refractivity contribution < 1.29 is 34.5 Å². The number of carboxylic acid groups (broad SMARTS) is 3. The van der Waals surface area contributed by atoms with Crippen molar-refractivity contribution in [3.63, 3.8) is 0 Å². The quantitative estimate of drug-likeness (QED) is 0.133. The molecule has 1 aliphatic heterocycles. The van der Waals surface area contributed by atoms with E-state index < -0.39 is 35.9 Å². The fraction of sp³-hybridized carbons (Fsp3) is 0.417. The number of carbonyl (C=O) groups is 4. The van der Waals surface area contributed by atoms with Crippen molar-refractivity contribution in [2.75, 3.05) is 47.6 Å². The molecule has 0 saturated heterocycles. The van der Waals surface area contributed by atoms with Gasteiger partial charge in [-0.25, -0.2) is 4.79 Å². The summed E-state index contributed by atoms with van der Waals surface area (Å²) in [6.45, 7) is 0.960. The summed E-state index contributed by atoms with van der Waals surface area (Å²) in [5.74, 6) is -2.86. The molecular weight excluding hydrogens is 560 g/mol. The van der Waals surface area contributed by atoms with Gasteiger partial charge >= 0.3 is 17.9 Å². The zero-order valence-corrected chi connectivity index (χ0v) is 23.0. The highest BCUT2D eigenvalue weighted by Gasteiger charge is 2.23. The van der Waals surface area contributed by atoms with Crippen LogP contribution in [0.4, 0.5) is 23.1 Å². The normalized spacial score (nSPS) is 14.9. The molecule has 1 aliphatic rings. The third kappa shape index (κ3) is 10.5. The standard InChI is InChI=1S/C19H23N7O6.C5H11NO2S/c20-19-25-15-14(17(30)26-19)23-11(8-22-15)7-21-10-3-1-9(2-4-10)16(29)24-12(18(31)32)5-6-13(27)28;1-6-4(2-3-9)5(7)8/h1-4,11-12,21,23H,5-8H2,(H,24,29)(H,27,28)(H,31,32)(H4,20,22,25,26,30);4,6,9H,2-3H2,1H3,(H,7,8)/t;4-/m.0/s1. The Balaban J connectivity index is 0.000000564. The summed E-state index contributed by atoms with van der Waals surface area (Å²) in [7, 11) is 1.63. The Labute approximate surface area is 239 Å². The van der Waals surface area contributed by atoms with Crippen molar-refractivity contribution in [3.8, 4) is 0 Å². The molecular formula is C24H34N8O8S. The monoisotopic (exact) mass is 594 g/mol. The van der Waals surface area contributed by atoms with Gasteiger partial charge in [0, 0.05) is 30.8 Å². The predicted molar refractivity (Wildman–Crippen MR) is 155 cm³/mol. The molecule has 3 atom stereocenters. The Morgan fingerprint density at radius 1 is 1.10 bits per heavy atom. The summed E-state index contributed by atoms with van der Waals surface area (Å²) in [4.78, 5) is 62.8. The first kappa shape index (κ1) is 32.7. The van der Waals surface area contributed by atoms with Gasteiger partial charge in [-0.05, 0) is 49.9 Å². The molecule has 1 amide bonds. The number of anilines is 4. The average molecular weight is 595 g/mol. The van der Waals surface area contributed by atoms with Gasteiger partial charge in [0.05, 0.1) is 6.04 Å². The van der Waals surface area contributed by atoms with E-state index in [4.69, 9.17) is 21.1 Å². The zero-order chi connectivity index (χ0) is 30.5. The predicted octanol–water partition coefficient (Wildman–Crippen LogP) is -0.303. The first-order valence-corrected chi connectivity index (χ1v) is 13.1. The van der Waals surface area contributed by atoms with E-state index >= 15 is 0 Å². The molecule has 2 unspecified atom stereocenters. The van der Waals surface area contributed by atoms with Crippen LogP contribution in [0.25, 0.3) is 0 Å². The van der Waals surface area contributed by atoms with Crippen molar-refractivity contribution in [2.24, 2.45) is 0 Å². The van der Waals surface area contributed by atoms with Crippen molar-refractivity contribution >= 4 is 59.6 Å². The molecule has 224 valence electrons. The second-order valence-electron chi connectivity index (χ2n) is 8.84. The van der Waals surface area contributed by atoms with Crippen LogP contribution in [-0.2, 0) is 14.4 Å². The number of thiol groups is 1. The third-order valence-corrected chi connectivity index (χ3v) is 6.07. The number of fused-ring (bicyclic) bond motifs is 1. The summed E-state index contributed by atoms with van der Waals surface area (Å²) < 4.78 is 0. The molecule has 2 aromatic rings. The lowest BCUT2D eigenvalue weighted by Crippen LogP contribution is -2.41. The molecule has 17 heteroatoms. The van der Waals surface area contributed by atoms with Gasteiger partial charge < -0.3 is 47.6 Å². The molecule has 1 aromatic carbocycles. The highest BCUT2D eigenvalue weighted by molar-refractivity contribution is 7.80. The minimum Gasteiger partial charge on any atom is -0.481 e. The van der Waals surface area contributed by atoms with Gasteiger partial charge in [-0.1, -0.05) is 0 Å². The molecule has 0 bridgehead atoms. The number of amides is 1. The molecule has 41 heavy (non-hydrogen) atoms. The highest BCUT2D eigenvalue weighted by Crippen LogP contribution is 2.20. The first-order valence-electron chi connectivity index (χ1n) is 12.5. The van der Waals surface area contributed by atoms with Crippen LogP contribution >= 0.6 is 12.6 Å². The Kier molecular flexibility index (Phi) is 12.7. The summed E-state index contributed by atoms with van der Waals surface area (Å²) in [6, 6.07) is 4.49. The Hall–Kier alpha value is -4.51. The third-order valence-electron chi connectivity index (χ3n) is 5.82. The Bertz CT molecular complexity index is 1270. The summed E-state index contributed by atoms with van der Waals surface area (Å²) in [5, 5.41) is 40.6. The van der Waals surface area contributed by atoms with Crippen LogP contribution < -0.4 is 37.9 Å². The Morgan fingerprint density at radius 3 is 2.29 bits per heavy atom. The van der Waals surface area contributed by atoms with Crippen LogP contribution in [-0.4, -0.2) is 93.1 Å². The fourth-order valence-electron chi connectivity index (χ4n) is 3.62. The molecule has 0 fully saturated rings. The minimum absolute atomic E-state index is 0.0281. The van der Waals surface area contributed by atoms with Gasteiger partial charge in [0.1, 0.15) is 17.8 Å². The second-order valence-corrected chi connectivity index (χ2v) is 9.29. The SMILES string of the molecule is CN[C@@H](CCS)C(=O)O.Nc1nc2c(c(=O)[nH]1)NC(CNc1ccc(C(=O)NC(CCC(=O)O)C(=O)O)cc1)CN2. The number of aromatic amines is 1. The maximum atomic E-state index is 12.3. The maximum Gasteiger partial charge on any atom is 0.326 e. The second kappa shape index (κ2) is 15.9. The van der Waals surface area contributed by atoms with Crippen molar-refractivity contribution in [1.82, 2.24) is 20.6 Å². The molecule has 0 aliphatic carbocycles. The number of aliphatic carboxylic acids is 3. The van der Waals surface area contributed by atoms with Crippen molar-refractivity contribution in [1.29, 1.82) is 0 Å². The van der Waals surface area contributed by atoms with Crippen LogP contribution in [0.2, 0.25) is 0 Å². The minimum atomic E-state index is -1.30. The number of hydrogen-bond acceptors (Lipinski definition) is 12. The smallest absolute Gasteiger partial charge is 0.326 e. The number of nitrogens with zero attached hydrogens (tertiary/aromatic N) is 1. The van der Waals surface area contributed by atoms with Gasteiger partial charge in [-0.3, -0.25) is 24.2 Å². The number of carboxylic acids is 3. The zero-order valence-electron chi connectivity index (χ0n) is 22.1. The largest absolute Gasteiger partial charge is 0.481 e. The van der Waals surface area contributed by atoms with E-state index in [0.29, 0.717) is 42.5 Å². The van der Waals surface area contributed by atoms with E-state index in [9.17, 15) is 24.0 Å². The lowest BCUT2D eigenvalue weighted by atomic mass is 10.1. The van der Waals surface area contributed by atoms with Gasteiger partial charge in [-0.2, -0.15) is 17.6 Å². The van der Waals surface area contributed by atoms with Crippen LogP contribution in [0.15, 0.2) is 29.1 Å². The van der Waals surface area contributed by atoms with E-state index in [-0.39, 0.29) is 36.0 Å². The number of carbonyl (C=O) groups excluding carboxylic acids is 1.